The fraction of sp³-hybridized carbons (Fsp3) is 0.257. The molecule has 3 N–H and O–H groups in total. The number of hydrogen-bond acceptors (Lipinski definition) is 7. The summed E-state index contributed by atoms with van der Waals surface area (Å²) in [6.45, 7) is 0.970. The molecular formula is C35H36ClN3O5. The van der Waals surface area contributed by atoms with Crippen molar-refractivity contribution in [3.8, 4) is 11.5 Å². The SMILES string of the molecule is COc1cccc([C@@H]2OC(c3ccc(OCCCO)cc3)=N[C@]2(Cc2ccccc2)C(=O)NNCCc2cccc(Cl)c2)c1. The fourth-order valence-corrected chi connectivity index (χ4v) is 5.36. The predicted molar refractivity (Wildman–Crippen MR) is 171 cm³/mol. The average Bonchev–Trinajstić information content (AvgIpc) is 3.44. The van der Waals surface area contributed by atoms with E-state index in [4.69, 9.17) is 35.9 Å². The van der Waals surface area contributed by atoms with E-state index in [2.05, 4.69) is 10.9 Å². The van der Waals surface area contributed by atoms with E-state index in [1.165, 1.54) is 0 Å². The van der Waals surface area contributed by atoms with Gasteiger partial charge in [0.15, 0.2) is 11.6 Å². The Kier molecular flexibility index (Phi) is 10.5. The summed E-state index contributed by atoms with van der Waals surface area (Å²) in [4.78, 5) is 19.4. The second kappa shape index (κ2) is 14.9. The molecule has 0 bridgehead atoms. The number of aliphatic imine (C=N–C) groups is 1. The first-order chi connectivity index (χ1) is 21.5. The number of nitrogens with zero attached hydrogens (tertiary/aromatic N) is 1. The lowest BCUT2D eigenvalue weighted by atomic mass is 9.82. The second-order valence-corrected chi connectivity index (χ2v) is 10.9. The van der Waals surface area contributed by atoms with Crippen molar-refractivity contribution < 1.29 is 24.1 Å². The fourth-order valence-electron chi connectivity index (χ4n) is 5.14. The average molecular weight is 614 g/mol. The van der Waals surface area contributed by atoms with Gasteiger partial charge in [0.2, 0.25) is 5.90 Å². The molecule has 0 fully saturated rings. The first kappa shape index (κ1) is 31.1. The number of carbonyl (C=O) groups is 1. The molecule has 0 saturated carbocycles. The van der Waals surface area contributed by atoms with Gasteiger partial charge in [-0.2, -0.15) is 0 Å². The van der Waals surface area contributed by atoms with Gasteiger partial charge < -0.3 is 19.3 Å². The quantitative estimate of drug-likeness (QED) is 0.129. The maximum Gasteiger partial charge on any atom is 0.266 e. The summed E-state index contributed by atoms with van der Waals surface area (Å²) in [6, 6.07) is 32.3. The minimum atomic E-state index is -1.34. The molecule has 1 heterocycles. The van der Waals surface area contributed by atoms with Crippen molar-refractivity contribution in [1.29, 1.82) is 0 Å². The van der Waals surface area contributed by atoms with Crippen LogP contribution in [0.5, 0.6) is 11.5 Å². The standard InChI is InChI=1S/C35H36ClN3O5/c1-42-31-13-6-11-28(23-31)32-35(24-26-8-3-2-4-9-26,34(41)39-37-19-18-25-10-5-12-29(36)22-25)38-33(44-32)27-14-16-30(17-15-27)43-21-7-20-40/h2-6,8-17,22-23,32,37,40H,7,18-21,24H2,1H3,(H,39,41)/t32-,35-/m0/s1. The van der Waals surface area contributed by atoms with Gasteiger partial charge in [0.05, 0.1) is 13.7 Å². The van der Waals surface area contributed by atoms with E-state index in [1.54, 1.807) is 7.11 Å². The molecule has 1 amide bonds. The number of carbonyl (C=O) groups excluding carboxylic acids is 1. The van der Waals surface area contributed by atoms with Gasteiger partial charge in [-0.15, -0.1) is 0 Å². The van der Waals surface area contributed by atoms with Crippen LogP contribution in [-0.4, -0.2) is 49.3 Å². The van der Waals surface area contributed by atoms with Crippen LogP contribution in [0.3, 0.4) is 0 Å². The largest absolute Gasteiger partial charge is 0.497 e. The second-order valence-electron chi connectivity index (χ2n) is 10.5. The van der Waals surface area contributed by atoms with E-state index in [1.807, 2.05) is 103 Å². The van der Waals surface area contributed by atoms with Crippen molar-refractivity contribution >= 4 is 23.4 Å². The summed E-state index contributed by atoms with van der Waals surface area (Å²) in [5.74, 6) is 1.35. The lowest BCUT2D eigenvalue weighted by Crippen LogP contribution is -2.54. The van der Waals surface area contributed by atoms with Gasteiger partial charge in [-0.25, -0.2) is 10.4 Å². The van der Waals surface area contributed by atoms with E-state index in [0.717, 1.165) is 16.7 Å². The summed E-state index contributed by atoms with van der Waals surface area (Å²) < 4.78 is 17.8. The molecule has 0 unspecified atom stereocenters. The summed E-state index contributed by atoms with van der Waals surface area (Å²) in [5, 5.41) is 9.72. The first-order valence-electron chi connectivity index (χ1n) is 14.6. The number of methoxy groups -OCH3 is 1. The lowest BCUT2D eigenvalue weighted by molar-refractivity contribution is -0.130. The number of amides is 1. The molecule has 0 spiro atoms. The summed E-state index contributed by atoms with van der Waals surface area (Å²) >= 11 is 6.14. The Morgan fingerprint density at radius 1 is 0.955 bits per heavy atom. The van der Waals surface area contributed by atoms with Gasteiger partial charge in [-0.05, 0) is 71.6 Å². The normalized spacial score (nSPS) is 17.4. The van der Waals surface area contributed by atoms with Crippen molar-refractivity contribution in [3.63, 3.8) is 0 Å². The number of aliphatic hydroxyl groups excluding tert-OH is 1. The van der Waals surface area contributed by atoms with Crippen LogP contribution >= 0.6 is 11.6 Å². The highest BCUT2D eigenvalue weighted by atomic mass is 35.5. The maximum absolute atomic E-state index is 14.3. The molecule has 228 valence electrons. The first-order valence-corrected chi connectivity index (χ1v) is 14.9. The predicted octanol–water partition coefficient (Wildman–Crippen LogP) is 5.47. The Hall–Kier alpha value is -4.37. The molecule has 44 heavy (non-hydrogen) atoms. The minimum absolute atomic E-state index is 0.0649. The number of aliphatic hydroxyl groups is 1. The third-order valence-corrected chi connectivity index (χ3v) is 7.61. The Balaban J connectivity index is 1.47. The van der Waals surface area contributed by atoms with E-state index in [-0.39, 0.29) is 12.5 Å². The number of ether oxygens (including phenoxy) is 3. The Labute approximate surface area is 262 Å². The zero-order valence-electron chi connectivity index (χ0n) is 24.5. The highest BCUT2D eigenvalue weighted by molar-refractivity contribution is 6.30. The summed E-state index contributed by atoms with van der Waals surface area (Å²) in [6.07, 6.45) is 0.764. The number of halogens is 1. The van der Waals surface area contributed by atoms with Crippen LogP contribution in [0.4, 0.5) is 0 Å². The van der Waals surface area contributed by atoms with Gasteiger partial charge in [-0.3, -0.25) is 10.2 Å². The summed E-state index contributed by atoms with van der Waals surface area (Å²) in [5.41, 5.74) is 8.15. The molecular weight excluding hydrogens is 578 g/mol. The third kappa shape index (κ3) is 7.58. The van der Waals surface area contributed by atoms with Gasteiger partial charge >= 0.3 is 0 Å². The van der Waals surface area contributed by atoms with Crippen LogP contribution in [0.2, 0.25) is 5.02 Å². The van der Waals surface area contributed by atoms with Crippen LogP contribution in [0.1, 0.15) is 34.8 Å². The van der Waals surface area contributed by atoms with Crippen molar-refractivity contribution in [2.24, 2.45) is 4.99 Å². The molecule has 1 aliphatic heterocycles. The molecule has 1 aliphatic rings. The van der Waals surface area contributed by atoms with Crippen molar-refractivity contribution in [2.45, 2.75) is 30.9 Å². The zero-order chi connectivity index (χ0) is 30.8. The van der Waals surface area contributed by atoms with E-state index < -0.39 is 11.6 Å². The van der Waals surface area contributed by atoms with Crippen LogP contribution in [0.25, 0.3) is 0 Å². The van der Waals surface area contributed by atoms with Crippen molar-refractivity contribution in [3.05, 3.63) is 130 Å². The van der Waals surface area contributed by atoms with Gasteiger partial charge in [0, 0.05) is 36.6 Å². The molecule has 4 aromatic rings. The van der Waals surface area contributed by atoms with E-state index in [0.29, 0.717) is 60.4 Å². The van der Waals surface area contributed by atoms with Gasteiger partial charge in [0.25, 0.3) is 5.91 Å². The number of hydrazine groups is 1. The lowest BCUT2D eigenvalue weighted by Gasteiger charge is -2.31. The summed E-state index contributed by atoms with van der Waals surface area (Å²) in [7, 11) is 1.61. The minimum Gasteiger partial charge on any atom is -0.497 e. The Morgan fingerprint density at radius 2 is 1.73 bits per heavy atom. The highest BCUT2D eigenvalue weighted by Crippen LogP contribution is 2.43. The van der Waals surface area contributed by atoms with Crippen LogP contribution in [0.15, 0.2) is 108 Å². The molecule has 5 rings (SSSR count). The molecule has 8 nitrogen and oxygen atoms in total. The smallest absolute Gasteiger partial charge is 0.266 e. The molecule has 0 aromatic heterocycles. The molecule has 9 heteroatoms. The van der Waals surface area contributed by atoms with Crippen LogP contribution in [-0.2, 0) is 22.4 Å². The molecule has 0 radical (unpaired) electrons. The number of hydrogen-bond donors (Lipinski definition) is 3. The maximum atomic E-state index is 14.3. The molecule has 2 atom stereocenters. The van der Waals surface area contributed by atoms with Crippen molar-refractivity contribution in [2.75, 3.05) is 26.9 Å². The van der Waals surface area contributed by atoms with E-state index >= 15 is 0 Å². The van der Waals surface area contributed by atoms with Crippen molar-refractivity contribution in [1.82, 2.24) is 10.9 Å². The number of nitrogens with one attached hydrogen (secondary N) is 2. The van der Waals surface area contributed by atoms with Crippen LogP contribution in [0, 0.1) is 0 Å². The molecule has 0 saturated heterocycles. The topological polar surface area (TPSA) is 101 Å². The van der Waals surface area contributed by atoms with Gasteiger partial charge in [0.1, 0.15) is 11.5 Å². The molecule has 4 aromatic carbocycles. The molecule has 0 aliphatic carbocycles. The Bertz CT molecular complexity index is 1560. The van der Waals surface area contributed by atoms with Crippen LogP contribution < -0.4 is 20.3 Å². The monoisotopic (exact) mass is 613 g/mol. The zero-order valence-corrected chi connectivity index (χ0v) is 25.3. The van der Waals surface area contributed by atoms with E-state index in [9.17, 15) is 4.79 Å². The Morgan fingerprint density at radius 3 is 2.48 bits per heavy atom. The third-order valence-electron chi connectivity index (χ3n) is 7.37. The van der Waals surface area contributed by atoms with Gasteiger partial charge in [-0.1, -0.05) is 66.2 Å². The highest BCUT2D eigenvalue weighted by Gasteiger charge is 2.53. The number of benzene rings is 4. The number of rotatable bonds is 14.